The van der Waals surface area contributed by atoms with Crippen molar-refractivity contribution in [3.8, 4) is 5.75 Å². The summed E-state index contributed by atoms with van der Waals surface area (Å²) in [6, 6.07) is 14.4. The maximum Gasteiger partial charge on any atom is 0.336 e. The number of halogens is 1. The summed E-state index contributed by atoms with van der Waals surface area (Å²) >= 11 is 6.05. The van der Waals surface area contributed by atoms with Crippen molar-refractivity contribution in [2.24, 2.45) is 0 Å². The molecular formula is C28H28ClNO6. The second-order valence-electron chi connectivity index (χ2n) is 8.86. The zero-order chi connectivity index (χ0) is 25.8. The number of ether oxygens (including phenoxy) is 3. The number of benzene rings is 2. The molecule has 0 fully saturated rings. The molecule has 188 valence electrons. The first-order chi connectivity index (χ1) is 17.3. The Morgan fingerprint density at radius 3 is 2.31 bits per heavy atom. The first-order valence-corrected chi connectivity index (χ1v) is 12.1. The Kier molecular flexibility index (Phi) is 7.91. The molecule has 0 bridgehead atoms. The normalized spacial score (nSPS) is 19.5. The average Bonchev–Trinajstić information content (AvgIpc) is 2.83. The lowest BCUT2D eigenvalue weighted by molar-refractivity contribution is -0.140. The number of carbonyl (C=O) groups is 3. The molecule has 2 aromatic rings. The zero-order valence-corrected chi connectivity index (χ0v) is 21.2. The molecule has 0 spiro atoms. The lowest BCUT2D eigenvalue weighted by Crippen LogP contribution is -2.36. The van der Waals surface area contributed by atoms with Gasteiger partial charge in [0.1, 0.15) is 12.4 Å². The molecule has 0 saturated carbocycles. The Labute approximate surface area is 215 Å². The first-order valence-electron chi connectivity index (χ1n) is 11.7. The van der Waals surface area contributed by atoms with Crippen LogP contribution in [0.15, 0.2) is 71.1 Å². The predicted molar refractivity (Wildman–Crippen MR) is 135 cm³/mol. The Morgan fingerprint density at radius 1 is 1.00 bits per heavy atom. The number of rotatable bonds is 7. The maximum absolute atomic E-state index is 13.6. The van der Waals surface area contributed by atoms with Gasteiger partial charge >= 0.3 is 11.9 Å². The summed E-state index contributed by atoms with van der Waals surface area (Å²) in [5.74, 6) is -1.20. The molecule has 2 aliphatic rings. The second-order valence-corrected chi connectivity index (χ2v) is 9.30. The van der Waals surface area contributed by atoms with Gasteiger partial charge in [-0.15, -0.1) is 0 Å². The van der Waals surface area contributed by atoms with E-state index in [0.29, 0.717) is 40.5 Å². The summed E-state index contributed by atoms with van der Waals surface area (Å²) in [4.78, 5) is 38.1. The third-order valence-corrected chi connectivity index (χ3v) is 6.64. The van der Waals surface area contributed by atoms with E-state index in [4.69, 9.17) is 25.8 Å². The van der Waals surface area contributed by atoms with Gasteiger partial charge in [0.15, 0.2) is 5.78 Å². The van der Waals surface area contributed by atoms with Gasteiger partial charge in [-0.2, -0.15) is 0 Å². The number of carbonyl (C=O) groups excluding carboxylic acids is 3. The summed E-state index contributed by atoms with van der Waals surface area (Å²) in [5, 5.41) is 3.97. The minimum atomic E-state index is -0.610. The largest absolute Gasteiger partial charge is 0.460 e. The Balaban J connectivity index is 1.73. The molecule has 2 atom stereocenters. The highest BCUT2D eigenvalue weighted by Crippen LogP contribution is 2.46. The van der Waals surface area contributed by atoms with Crippen LogP contribution < -0.4 is 10.1 Å². The fourth-order valence-corrected chi connectivity index (χ4v) is 4.93. The summed E-state index contributed by atoms with van der Waals surface area (Å²) in [6.45, 7) is 3.51. The summed E-state index contributed by atoms with van der Waals surface area (Å²) in [7, 11) is 1.53. The molecule has 0 aromatic heterocycles. The van der Waals surface area contributed by atoms with Crippen molar-refractivity contribution in [2.75, 3.05) is 20.3 Å². The molecule has 7 nitrogen and oxygen atoms in total. The molecule has 1 N–H and O–H groups in total. The smallest absolute Gasteiger partial charge is 0.336 e. The van der Waals surface area contributed by atoms with E-state index < -0.39 is 17.9 Å². The highest BCUT2D eigenvalue weighted by Gasteiger charge is 2.41. The first kappa shape index (κ1) is 25.7. The van der Waals surface area contributed by atoms with Crippen LogP contribution in [0, 0.1) is 0 Å². The van der Waals surface area contributed by atoms with Gasteiger partial charge in [0.2, 0.25) is 0 Å². The molecule has 2 aromatic carbocycles. The lowest BCUT2D eigenvalue weighted by atomic mass is 9.72. The predicted octanol–water partition coefficient (Wildman–Crippen LogP) is 4.82. The van der Waals surface area contributed by atoms with E-state index >= 15 is 0 Å². The van der Waals surface area contributed by atoms with E-state index in [0.717, 1.165) is 16.8 Å². The van der Waals surface area contributed by atoms with Crippen LogP contribution in [-0.4, -0.2) is 38.0 Å². The van der Waals surface area contributed by atoms with E-state index in [-0.39, 0.29) is 24.9 Å². The highest BCUT2D eigenvalue weighted by molar-refractivity contribution is 6.30. The summed E-state index contributed by atoms with van der Waals surface area (Å²) in [5.41, 5.74) is 4.14. The Bertz CT molecular complexity index is 1230. The SMILES string of the molecule is COCCOC(=O)C1=C(C)NC2=C(C(=O)CC(c3ccc(Cl)cc3)C2)C1c1ccc(OC(C)=O)cc1. The van der Waals surface area contributed by atoms with E-state index in [9.17, 15) is 14.4 Å². The number of dihydropyridines is 1. The number of methoxy groups -OCH3 is 1. The van der Waals surface area contributed by atoms with Crippen molar-refractivity contribution in [2.45, 2.75) is 38.5 Å². The Hall–Kier alpha value is -3.42. The van der Waals surface area contributed by atoms with Crippen LogP contribution in [-0.2, 0) is 23.9 Å². The third-order valence-electron chi connectivity index (χ3n) is 6.38. The number of nitrogens with one attached hydrogen (secondary N) is 1. The quantitative estimate of drug-likeness (QED) is 0.325. The Morgan fingerprint density at radius 2 is 1.67 bits per heavy atom. The van der Waals surface area contributed by atoms with Gasteiger partial charge in [-0.25, -0.2) is 4.79 Å². The molecule has 36 heavy (non-hydrogen) atoms. The van der Waals surface area contributed by atoms with Crippen molar-refractivity contribution >= 4 is 29.3 Å². The zero-order valence-electron chi connectivity index (χ0n) is 20.4. The van der Waals surface area contributed by atoms with Crippen molar-refractivity contribution < 1.29 is 28.6 Å². The monoisotopic (exact) mass is 509 g/mol. The van der Waals surface area contributed by atoms with Gasteiger partial charge in [0.25, 0.3) is 0 Å². The van der Waals surface area contributed by atoms with E-state index in [1.165, 1.54) is 14.0 Å². The summed E-state index contributed by atoms with van der Waals surface area (Å²) in [6.07, 6.45) is 0.934. The van der Waals surface area contributed by atoms with Gasteiger partial charge in [-0.1, -0.05) is 35.9 Å². The van der Waals surface area contributed by atoms with Crippen molar-refractivity contribution in [3.05, 3.63) is 87.2 Å². The molecular weight excluding hydrogens is 482 g/mol. The number of hydrogen-bond donors (Lipinski definition) is 1. The molecule has 1 aliphatic heterocycles. The van der Waals surface area contributed by atoms with Gasteiger partial charge in [-0.3, -0.25) is 9.59 Å². The van der Waals surface area contributed by atoms with Crippen molar-refractivity contribution in [1.29, 1.82) is 0 Å². The summed E-state index contributed by atoms with van der Waals surface area (Å²) < 4.78 is 15.6. The number of hydrogen-bond acceptors (Lipinski definition) is 7. The molecule has 1 heterocycles. The number of allylic oxidation sites excluding steroid dienone is 3. The van der Waals surface area contributed by atoms with E-state index in [2.05, 4.69) is 5.32 Å². The van der Waals surface area contributed by atoms with Gasteiger partial charge in [0, 0.05) is 48.4 Å². The van der Waals surface area contributed by atoms with E-state index in [1.54, 1.807) is 24.3 Å². The molecule has 8 heteroatoms. The van der Waals surface area contributed by atoms with Crippen LogP contribution >= 0.6 is 11.6 Å². The standard InChI is InChI=1S/C28H28ClNO6/c1-16-25(28(33)35-13-12-34-3)26(19-6-10-22(11-7-19)36-17(2)31)27-23(30-16)14-20(15-24(27)32)18-4-8-21(29)9-5-18/h4-11,20,26,30H,12-15H2,1-3H3. The minimum Gasteiger partial charge on any atom is -0.460 e. The number of Topliss-reactive ketones (excluding diaryl/α,β-unsaturated/α-hetero) is 1. The van der Waals surface area contributed by atoms with Crippen molar-refractivity contribution in [1.82, 2.24) is 5.32 Å². The van der Waals surface area contributed by atoms with Gasteiger partial charge < -0.3 is 19.5 Å². The molecule has 1 aliphatic carbocycles. The molecule has 2 unspecified atom stereocenters. The van der Waals surface area contributed by atoms with Crippen LogP contribution in [0.5, 0.6) is 5.75 Å². The van der Waals surface area contributed by atoms with Gasteiger partial charge in [0.05, 0.1) is 12.2 Å². The molecule has 0 amide bonds. The van der Waals surface area contributed by atoms with E-state index in [1.807, 2.05) is 31.2 Å². The minimum absolute atomic E-state index is 0.00369. The van der Waals surface area contributed by atoms with Crippen LogP contribution in [0.1, 0.15) is 49.7 Å². The fourth-order valence-electron chi connectivity index (χ4n) is 4.80. The molecule has 0 radical (unpaired) electrons. The maximum atomic E-state index is 13.6. The average molecular weight is 510 g/mol. The lowest BCUT2D eigenvalue weighted by Gasteiger charge is -2.36. The third kappa shape index (κ3) is 5.53. The van der Waals surface area contributed by atoms with Crippen LogP contribution in [0.2, 0.25) is 5.02 Å². The fraction of sp³-hybridized carbons (Fsp3) is 0.321. The molecule has 4 rings (SSSR count). The topological polar surface area (TPSA) is 90.9 Å². The number of ketones is 1. The van der Waals surface area contributed by atoms with Crippen LogP contribution in [0.25, 0.3) is 0 Å². The highest BCUT2D eigenvalue weighted by atomic mass is 35.5. The molecule has 0 saturated heterocycles. The second kappa shape index (κ2) is 11.1. The van der Waals surface area contributed by atoms with Crippen molar-refractivity contribution in [3.63, 3.8) is 0 Å². The van der Waals surface area contributed by atoms with Crippen LogP contribution in [0.4, 0.5) is 0 Å². The number of esters is 2. The van der Waals surface area contributed by atoms with Crippen LogP contribution in [0.3, 0.4) is 0 Å². The van der Waals surface area contributed by atoms with Gasteiger partial charge in [-0.05, 0) is 54.7 Å².